The number of halogens is 3. The van der Waals surface area contributed by atoms with Crippen molar-refractivity contribution in [2.24, 2.45) is 5.73 Å². The fourth-order valence-electron chi connectivity index (χ4n) is 1.56. The summed E-state index contributed by atoms with van der Waals surface area (Å²) in [6.45, 7) is 1.96. The Morgan fingerprint density at radius 2 is 1.84 bits per heavy atom. The van der Waals surface area contributed by atoms with Gasteiger partial charge in [-0.3, -0.25) is 0 Å². The summed E-state index contributed by atoms with van der Waals surface area (Å²) in [4.78, 5) is 2.01. The molecule has 0 aliphatic heterocycles. The van der Waals surface area contributed by atoms with E-state index >= 15 is 0 Å². The second kappa shape index (κ2) is 6.51. The summed E-state index contributed by atoms with van der Waals surface area (Å²) in [5, 5.41) is 1.37. The maximum Gasteiger partial charge on any atom is 0.0546 e. The van der Waals surface area contributed by atoms with Crippen LogP contribution in [0.25, 0.3) is 0 Å². The maximum atomic E-state index is 6.17. The van der Waals surface area contributed by atoms with Gasteiger partial charge in [-0.15, -0.1) is 0 Å². The van der Waals surface area contributed by atoms with Crippen molar-refractivity contribution in [3.63, 3.8) is 0 Å². The molecule has 19 heavy (non-hydrogen) atoms. The molecular weight excluding hydrogens is 365 g/mol. The van der Waals surface area contributed by atoms with Crippen molar-refractivity contribution >= 4 is 50.9 Å². The fraction of sp³-hybridized carbons (Fsp3) is 0.143. The molecule has 1 nitrogen and oxygen atoms in total. The van der Waals surface area contributed by atoms with Crippen LogP contribution in [0.3, 0.4) is 0 Å². The lowest BCUT2D eigenvalue weighted by Gasteiger charge is -2.10. The fourth-order valence-corrected chi connectivity index (χ4v) is 3.55. The smallest absolute Gasteiger partial charge is 0.0546 e. The summed E-state index contributed by atoms with van der Waals surface area (Å²) in [5.41, 5.74) is 6.95. The van der Waals surface area contributed by atoms with Crippen LogP contribution in [-0.4, -0.2) is 0 Å². The highest BCUT2D eigenvalue weighted by atomic mass is 79.9. The van der Waals surface area contributed by atoms with Crippen molar-refractivity contribution in [1.29, 1.82) is 0 Å². The topological polar surface area (TPSA) is 26.0 Å². The van der Waals surface area contributed by atoms with E-state index in [2.05, 4.69) is 15.9 Å². The van der Waals surface area contributed by atoms with E-state index in [1.54, 1.807) is 23.9 Å². The third-order valence-electron chi connectivity index (χ3n) is 2.59. The molecule has 0 aliphatic carbocycles. The quantitative estimate of drug-likeness (QED) is 0.718. The van der Waals surface area contributed by atoms with Gasteiger partial charge in [-0.2, -0.15) is 0 Å². The van der Waals surface area contributed by atoms with E-state index in [0.29, 0.717) is 10.0 Å². The summed E-state index contributed by atoms with van der Waals surface area (Å²) in [6, 6.07) is 11.6. The van der Waals surface area contributed by atoms with E-state index in [-0.39, 0.29) is 6.04 Å². The first-order chi connectivity index (χ1) is 8.97. The number of rotatable bonds is 3. The summed E-state index contributed by atoms with van der Waals surface area (Å²) in [7, 11) is 0. The number of hydrogen-bond donors (Lipinski definition) is 1. The normalized spacial score (nSPS) is 12.5. The molecular formula is C14H12BrCl2NS. The van der Waals surface area contributed by atoms with Gasteiger partial charge in [0.1, 0.15) is 0 Å². The molecule has 0 saturated heterocycles. The zero-order chi connectivity index (χ0) is 14.0. The number of nitrogens with two attached hydrogens (primary N) is 1. The van der Waals surface area contributed by atoms with Gasteiger partial charge in [0.2, 0.25) is 0 Å². The molecule has 0 saturated carbocycles. The first kappa shape index (κ1) is 15.2. The molecule has 0 aromatic heterocycles. The van der Waals surface area contributed by atoms with Crippen molar-refractivity contribution in [1.82, 2.24) is 0 Å². The predicted molar refractivity (Wildman–Crippen MR) is 87.3 cm³/mol. The van der Waals surface area contributed by atoms with E-state index in [0.717, 1.165) is 19.8 Å². The molecule has 2 N–H and O–H groups in total. The summed E-state index contributed by atoms with van der Waals surface area (Å²) in [6.07, 6.45) is 0. The second-order valence-corrected chi connectivity index (χ2v) is 6.94. The van der Waals surface area contributed by atoms with Crippen LogP contribution in [0.4, 0.5) is 0 Å². The first-order valence-corrected chi connectivity index (χ1v) is 8.02. The molecule has 0 radical (unpaired) electrons. The van der Waals surface area contributed by atoms with Crippen molar-refractivity contribution in [3.8, 4) is 0 Å². The maximum absolute atomic E-state index is 6.17. The predicted octanol–water partition coefficient (Wildman–Crippen LogP) is 5.93. The van der Waals surface area contributed by atoms with Crippen LogP contribution in [0.15, 0.2) is 50.7 Å². The average molecular weight is 377 g/mol. The Kier molecular flexibility index (Phi) is 5.21. The Morgan fingerprint density at radius 1 is 1.11 bits per heavy atom. The highest BCUT2D eigenvalue weighted by Gasteiger charge is 2.09. The lowest BCUT2D eigenvalue weighted by molar-refractivity contribution is 0.815. The van der Waals surface area contributed by atoms with E-state index in [9.17, 15) is 0 Å². The van der Waals surface area contributed by atoms with Crippen molar-refractivity contribution in [3.05, 3.63) is 56.5 Å². The van der Waals surface area contributed by atoms with Gasteiger partial charge < -0.3 is 5.73 Å². The van der Waals surface area contributed by atoms with Crippen LogP contribution in [-0.2, 0) is 0 Å². The van der Waals surface area contributed by atoms with Gasteiger partial charge in [-0.1, -0.05) is 41.0 Å². The molecule has 0 fully saturated rings. The van der Waals surface area contributed by atoms with Gasteiger partial charge in [0.05, 0.1) is 5.02 Å². The molecule has 5 heteroatoms. The third-order valence-corrected chi connectivity index (χ3v) is 5.32. The van der Waals surface area contributed by atoms with Crippen molar-refractivity contribution in [2.75, 3.05) is 0 Å². The molecule has 100 valence electrons. The minimum absolute atomic E-state index is 0.0186. The summed E-state index contributed by atoms with van der Waals surface area (Å²) >= 11 is 17.3. The van der Waals surface area contributed by atoms with Crippen LogP contribution < -0.4 is 5.73 Å². The number of hydrogen-bond acceptors (Lipinski definition) is 2. The molecule has 2 aromatic rings. The minimum atomic E-state index is 0.0186. The Hall–Kier alpha value is -0.190. The van der Waals surface area contributed by atoms with Crippen LogP contribution in [0.2, 0.25) is 10.0 Å². The van der Waals surface area contributed by atoms with E-state index in [1.807, 2.05) is 31.2 Å². The Bertz CT molecular complexity index is 602. The van der Waals surface area contributed by atoms with Crippen molar-refractivity contribution in [2.45, 2.75) is 22.8 Å². The summed E-state index contributed by atoms with van der Waals surface area (Å²) in [5.74, 6) is 0. The molecule has 0 bridgehead atoms. The van der Waals surface area contributed by atoms with Gasteiger partial charge in [0.15, 0.2) is 0 Å². The van der Waals surface area contributed by atoms with Crippen LogP contribution in [0.1, 0.15) is 18.5 Å². The molecule has 1 unspecified atom stereocenters. The van der Waals surface area contributed by atoms with Gasteiger partial charge in [0.25, 0.3) is 0 Å². The van der Waals surface area contributed by atoms with Crippen molar-refractivity contribution < 1.29 is 0 Å². The van der Waals surface area contributed by atoms with E-state index in [4.69, 9.17) is 28.9 Å². The van der Waals surface area contributed by atoms with E-state index in [1.165, 1.54) is 0 Å². The first-order valence-electron chi connectivity index (χ1n) is 5.65. The SMILES string of the molecule is CC(N)c1ccc(Sc2cc(Cl)ccc2Cl)c(Br)c1. The third kappa shape index (κ3) is 3.89. The molecule has 0 amide bonds. The van der Waals surface area contributed by atoms with Gasteiger partial charge in [0, 0.05) is 25.3 Å². The van der Waals surface area contributed by atoms with Gasteiger partial charge >= 0.3 is 0 Å². The van der Waals surface area contributed by atoms with Gasteiger partial charge in [-0.25, -0.2) is 0 Å². The molecule has 0 heterocycles. The highest BCUT2D eigenvalue weighted by Crippen LogP contribution is 2.39. The Labute approximate surface area is 135 Å². The zero-order valence-electron chi connectivity index (χ0n) is 10.2. The molecule has 0 spiro atoms. The largest absolute Gasteiger partial charge is 0.324 e. The lowest BCUT2D eigenvalue weighted by atomic mass is 10.1. The Morgan fingerprint density at radius 3 is 2.47 bits per heavy atom. The molecule has 0 aliphatic rings. The molecule has 2 rings (SSSR count). The monoisotopic (exact) mass is 375 g/mol. The lowest BCUT2D eigenvalue weighted by Crippen LogP contribution is -2.04. The molecule has 1 atom stereocenters. The van der Waals surface area contributed by atoms with Crippen LogP contribution in [0.5, 0.6) is 0 Å². The highest BCUT2D eigenvalue weighted by molar-refractivity contribution is 9.10. The summed E-state index contributed by atoms with van der Waals surface area (Å²) < 4.78 is 1.00. The average Bonchev–Trinajstić information content (AvgIpc) is 2.36. The van der Waals surface area contributed by atoms with Crippen LogP contribution >= 0.6 is 50.9 Å². The van der Waals surface area contributed by atoms with Gasteiger partial charge in [-0.05, 0) is 58.7 Å². The Balaban J connectivity index is 2.31. The standard InChI is InChI=1S/C14H12BrCl2NS/c1-8(18)9-2-5-13(11(15)6-9)19-14-7-10(16)3-4-12(14)17/h2-8H,18H2,1H3. The zero-order valence-corrected chi connectivity index (χ0v) is 14.1. The van der Waals surface area contributed by atoms with Crippen LogP contribution in [0, 0.1) is 0 Å². The second-order valence-electron chi connectivity index (χ2n) is 4.16. The van der Waals surface area contributed by atoms with E-state index < -0.39 is 0 Å². The molecule has 2 aromatic carbocycles. The minimum Gasteiger partial charge on any atom is -0.324 e. The number of benzene rings is 2.